The van der Waals surface area contributed by atoms with E-state index in [4.69, 9.17) is 0 Å². The van der Waals surface area contributed by atoms with Crippen molar-refractivity contribution in [2.45, 2.75) is 322 Å². The van der Waals surface area contributed by atoms with Gasteiger partial charge in [0, 0.05) is 22.3 Å². The van der Waals surface area contributed by atoms with Gasteiger partial charge in [0.1, 0.15) is 0 Å². The van der Waals surface area contributed by atoms with E-state index >= 15 is 0 Å². The summed E-state index contributed by atoms with van der Waals surface area (Å²) in [6, 6.07) is 18.4. The van der Waals surface area contributed by atoms with Gasteiger partial charge in [-0.15, -0.1) is 0 Å². The van der Waals surface area contributed by atoms with Crippen LogP contribution in [0.2, 0.25) is 10.8 Å². The van der Waals surface area contributed by atoms with E-state index in [1.807, 2.05) is 14.4 Å². The van der Waals surface area contributed by atoms with E-state index in [0.717, 1.165) is 49.9 Å². The molecule has 1 heterocycles. The van der Waals surface area contributed by atoms with Crippen LogP contribution in [0.5, 0.6) is 0 Å². The zero-order chi connectivity index (χ0) is 49.7. The second-order valence-electron chi connectivity index (χ2n) is 21.0. The van der Waals surface area contributed by atoms with Crippen LogP contribution in [-0.2, 0) is 27.3 Å². The molecule has 0 saturated heterocycles. The van der Waals surface area contributed by atoms with Gasteiger partial charge >= 0.3 is 39.1 Å². The molecule has 3 rings (SSSR count). The average Bonchev–Trinajstić information content (AvgIpc) is 3.64. The molecule has 0 amide bonds. The van der Waals surface area contributed by atoms with Crippen molar-refractivity contribution in [2.24, 2.45) is 0 Å². The average molecular weight is 994 g/mol. The first-order valence-corrected chi connectivity index (χ1v) is 32.0. The normalized spacial score (nSPS) is 12.8. The summed E-state index contributed by atoms with van der Waals surface area (Å²) in [7, 11) is 0. The molecule has 3 heteroatoms. The van der Waals surface area contributed by atoms with Gasteiger partial charge in [-0.25, -0.2) is 4.70 Å². The fraction of sp³-hybridized carbons (Fsp3) is 0.758. The van der Waals surface area contributed by atoms with Crippen LogP contribution in [0.4, 0.5) is 0 Å². The van der Waals surface area contributed by atoms with Gasteiger partial charge in [0.05, 0.1) is 0 Å². The third-order valence-corrected chi connectivity index (χ3v) is 15.8. The van der Waals surface area contributed by atoms with Crippen LogP contribution < -0.4 is 0 Å². The zero-order valence-corrected chi connectivity index (χ0v) is 47.9. The summed E-state index contributed by atoms with van der Waals surface area (Å²) >= 11 is 1.82. The Morgan fingerprint density at radius 1 is 0.319 bits per heavy atom. The summed E-state index contributed by atoms with van der Waals surface area (Å²) in [5.74, 6) is 0. The third kappa shape index (κ3) is 30.6. The SMILES string of the molecule is CCCCCCCCCCCCCCCCCCCCCCCCCCC1=C(c2cccc(CCCCCCCC)c2)[N+](=[N-])C(c2cccc(CCCCCCCC)c2)=C1CCCC.C[CH2][Ni][CH2]C. The molecule has 2 nitrogen and oxygen atoms in total. The van der Waals surface area contributed by atoms with Crippen molar-refractivity contribution >= 4 is 11.4 Å². The Morgan fingerprint density at radius 3 is 0.855 bits per heavy atom. The fourth-order valence-electron chi connectivity index (χ4n) is 10.5. The topological polar surface area (TPSA) is 25.3 Å². The van der Waals surface area contributed by atoms with Gasteiger partial charge < -0.3 is 5.53 Å². The summed E-state index contributed by atoms with van der Waals surface area (Å²) < 4.78 is 1.63. The predicted molar refractivity (Wildman–Crippen MR) is 306 cm³/mol. The van der Waals surface area contributed by atoms with Crippen LogP contribution >= 0.6 is 0 Å². The quantitative estimate of drug-likeness (QED) is 0.0359. The Kier molecular flexibility index (Phi) is 41.9. The molecular formula is C66H114N2Ni. The monoisotopic (exact) mass is 993 g/mol. The molecule has 398 valence electrons. The van der Waals surface area contributed by atoms with Crippen LogP contribution in [0.3, 0.4) is 0 Å². The van der Waals surface area contributed by atoms with E-state index in [-0.39, 0.29) is 0 Å². The number of allylic oxidation sites excluding steroid dienone is 2. The van der Waals surface area contributed by atoms with Crippen molar-refractivity contribution in [3.8, 4) is 0 Å². The number of aryl methyl sites for hydroxylation is 2. The molecular weight excluding hydrogens is 879 g/mol. The molecule has 0 saturated carbocycles. The molecule has 0 unspecified atom stereocenters. The van der Waals surface area contributed by atoms with Gasteiger partial charge in [-0.3, -0.25) is 0 Å². The molecule has 0 spiro atoms. The number of hydrogen-bond donors (Lipinski definition) is 0. The summed E-state index contributed by atoms with van der Waals surface area (Å²) in [6.07, 6.45) is 56.6. The Morgan fingerprint density at radius 2 is 0.580 bits per heavy atom. The molecule has 0 bridgehead atoms. The Bertz CT molecular complexity index is 1570. The molecule has 69 heavy (non-hydrogen) atoms. The van der Waals surface area contributed by atoms with Crippen LogP contribution in [0.15, 0.2) is 59.7 Å². The number of benzene rings is 2. The third-order valence-electron chi connectivity index (χ3n) is 14.8. The van der Waals surface area contributed by atoms with Crippen molar-refractivity contribution in [1.29, 1.82) is 0 Å². The first-order valence-electron chi connectivity index (χ1n) is 30.6. The number of hydrogen-bond acceptors (Lipinski definition) is 0. The van der Waals surface area contributed by atoms with E-state index in [2.05, 4.69) is 90.1 Å². The zero-order valence-electron chi connectivity index (χ0n) is 46.9. The molecule has 0 radical (unpaired) electrons. The Labute approximate surface area is 437 Å². The van der Waals surface area contributed by atoms with Crippen molar-refractivity contribution in [1.82, 2.24) is 0 Å². The van der Waals surface area contributed by atoms with Crippen molar-refractivity contribution in [3.05, 3.63) is 87.5 Å². The molecule has 0 aliphatic carbocycles. The van der Waals surface area contributed by atoms with E-state index in [0.29, 0.717) is 0 Å². The van der Waals surface area contributed by atoms with Crippen molar-refractivity contribution in [3.63, 3.8) is 0 Å². The Hall–Kier alpha value is -1.99. The number of unbranched alkanes of at least 4 members (excludes halogenated alkanes) is 34. The summed E-state index contributed by atoms with van der Waals surface area (Å²) in [4.78, 5) is 0. The second kappa shape index (κ2) is 45.8. The molecule has 2 aromatic carbocycles. The molecule has 1 aliphatic rings. The Balaban J connectivity index is 0.00000309. The molecule has 0 atom stereocenters. The van der Waals surface area contributed by atoms with Gasteiger partial charge in [0.2, 0.25) is 11.4 Å². The van der Waals surface area contributed by atoms with E-state index in [1.165, 1.54) is 275 Å². The summed E-state index contributed by atoms with van der Waals surface area (Å²) in [5.41, 5.74) is 22.5. The van der Waals surface area contributed by atoms with Gasteiger partial charge in [0.15, 0.2) is 0 Å². The van der Waals surface area contributed by atoms with E-state index in [9.17, 15) is 5.53 Å². The number of rotatable bonds is 46. The minimum atomic E-state index is 1.03. The maximum atomic E-state index is 12.4. The predicted octanol–water partition coefficient (Wildman–Crippen LogP) is 23.6. The fourth-order valence-corrected chi connectivity index (χ4v) is 11.0. The van der Waals surface area contributed by atoms with Crippen LogP contribution in [0, 0.1) is 0 Å². The molecule has 0 N–H and O–H groups in total. The van der Waals surface area contributed by atoms with E-state index in [1.54, 1.807) is 4.70 Å². The molecule has 1 aliphatic heterocycles. The maximum absolute atomic E-state index is 12.4. The summed E-state index contributed by atoms with van der Waals surface area (Å²) in [5, 5.41) is 2.56. The van der Waals surface area contributed by atoms with Gasteiger partial charge in [-0.05, 0) is 86.8 Å². The van der Waals surface area contributed by atoms with Gasteiger partial charge in [-0.1, -0.05) is 270 Å². The first-order chi connectivity index (χ1) is 34.1. The van der Waals surface area contributed by atoms with Crippen LogP contribution in [-0.4, -0.2) is 4.70 Å². The van der Waals surface area contributed by atoms with Gasteiger partial charge in [0.25, 0.3) is 0 Å². The second-order valence-corrected chi connectivity index (χ2v) is 22.9. The number of nitrogens with zero attached hydrogens (tertiary/aromatic N) is 2. The molecule has 2 aromatic rings. The molecule has 0 fully saturated rings. The standard InChI is InChI=1S/C62H104N2.2C2H5.Ni/c1-5-9-13-16-19-20-21-22-23-24-25-26-27-28-29-30-31-32-33-34-35-36-39-42-52-60-59(51-12-8-4)61(57-49-43-47-55(53-57)45-40-37-17-14-10-6-2)64(63)62(60)58-50-44-48-56(54-58)46-41-38-18-15-11-7-3;2*1-2;/h43-44,47-50,53-54H,5-42,45-46,51-52H2,1-4H3;2*1H2,2H3;. The van der Waals surface area contributed by atoms with Crippen molar-refractivity contribution in [2.75, 3.05) is 0 Å². The van der Waals surface area contributed by atoms with Crippen LogP contribution in [0.1, 0.15) is 321 Å². The van der Waals surface area contributed by atoms with Crippen LogP contribution in [0.25, 0.3) is 16.9 Å². The summed E-state index contributed by atoms with van der Waals surface area (Å²) in [6.45, 7) is 13.6. The van der Waals surface area contributed by atoms with E-state index < -0.39 is 0 Å². The van der Waals surface area contributed by atoms with Gasteiger partial charge in [-0.2, -0.15) is 0 Å². The minimum absolute atomic E-state index is 1.03. The van der Waals surface area contributed by atoms with Crippen molar-refractivity contribution < 1.29 is 19.1 Å². The first kappa shape index (κ1) is 63.1. The molecule has 0 aromatic heterocycles.